The Hall–Kier alpha value is -3.66. The summed E-state index contributed by atoms with van der Waals surface area (Å²) < 4.78 is 6.00. The molecule has 0 saturated heterocycles. The maximum absolute atomic E-state index is 13.1. The fraction of sp³-hybridized carbons (Fsp3) is 0.371. The van der Waals surface area contributed by atoms with Crippen molar-refractivity contribution in [2.24, 2.45) is 0 Å². The Labute approximate surface area is 232 Å². The minimum Gasteiger partial charge on any atom is -0.462 e. The summed E-state index contributed by atoms with van der Waals surface area (Å²) in [5.74, 6) is 0.832. The van der Waals surface area contributed by atoms with E-state index in [1.165, 1.54) is 16.8 Å². The molecule has 202 valence electrons. The number of anilines is 1. The first-order valence-electron chi connectivity index (χ1n) is 14.2. The third-order valence-electron chi connectivity index (χ3n) is 8.45. The summed E-state index contributed by atoms with van der Waals surface area (Å²) in [4.78, 5) is 28.7. The largest absolute Gasteiger partial charge is 0.462 e. The molecule has 39 heavy (non-hydrogen) atoms. The van der Waals surface area contributed by atoms with Crippen molar-refractivity contribution in [3.05, 3.63) is 105 Å². The van der Waals surface area contributed by atoms with Crippen molar-refractivity contribution in [1.82, 2.24) is 0 Å². The molecule has 0 atom stereocenters. The van der Waals surface area contributed by atoms with Crippen LogP contribution in [0.15, 0.2) is 77.3 Å². The van der Waals surface area contributed by atoms with Crippen LogP contribution in [0.4, 0.5) is 5.69 Å². The number of carbonyl (C=O) groups excluding carboxylic acids is 2. The van der Waals surface area contributed by atoms with Gasteiger partial charge in [-0.1, -0.05) is 71.9 Å². The normalized spacial score (nSPS) is 20.5. The van der Waals surface area contributed by atoms with Gasteiger partial charge in [-0.3, -0.25) is 9.59 Å². The summed E-state index contributed by atoms with van der Waals surface area (Å²) in [6.07, 6.45) is 9.91. The van der Waals surface area contributed by atoms with E-state index in [4.69, 9.17) is 4.74 Å². The number of ether oxygens (including phenoxy) is 1. The van der Waals surface area contributed by atoms with Crippen LogP contribution >= 0.6 is 0 Å². The van der Waals surface area contributed by atoms with E-state index in [1.807, 2.05) is 26.8 Å². The van der Waals surface area contributed by atoms with Crippen LogP contribution in [0.3, 0.4) is 0 Å². The molecule has 0 N–H and O–H groups in total. The van der Waals surface area contributed by atoms with Crippen molar-refractivity contribution >= 4 is 23.3 Å². The molecule has 3 aliphatic heterocycles. The fourth-order valence-electron chi connectivity index (χ4n) is 6.14. The van der Waals surface area contributed by atoms with Gasteiger partial charge in [0.15, 0.2) is 11.6 Å². The van der Waals surface area contributed by atoms with Gasteiger partial charge in [0, 0.05) is 29.9 Å². The van der Waals surface area contributed by atoms with Gasteiger partial charge in [-0.15, -0.1) is 0 Å². The van der Waals surface area contributed by atoms with E-state index in [9.17, 15) is 9.59 Å². The first-order valence-corrected chi connectivity index (χ1v) is 14.2. The molecular weight excluding hydrogens is 482 g/mol. The van der Waals surface area contributed by atoms with E-state index in [0.717, 1.165) is 31.5 Å². The molecule has 2 aromatic carbocycles. The van der Waals surface area contributed by atoms with Gasteiger partial charge in [-0.05, 0) is 83.2 Å². The maximum Gasteiger partial charge on any atom is 0.198 e. The molecule has 0 spiro atoms. The monoisotopic (exact) mass is 521 g/mol. The third-order valence-corrected chi connectivity index (χ3v) is 8.45. The van der Waals surface area contributed by atoms with Crippen LogP contribution in [-0.4, -0.2) is 24.7 Å². The number of hydrogen-bond acceptors (Lipinski definition) is 4. The van der Waals surface area contributed by atoms with Crippen LogP contribution in [0.25, 0.3) is 6.08 Å². The zero-order valence-electron chi connectivity index (χ0n) is 24.3. The average Bonchev–Trinajstić information content (AvgIpc) is 3.17. The molecule has 4 heteroatoms. The van der Waals surface area contributed by atoms with Gasteiger partial charge in [0.25, 0.3) is 0 Å². The summed E-state index contributed by atoms with van der Waals surface area (Å²) in [6.45, 7) is 17.5. The molecule has 0 amide bonds. The standard InChI is InChI=1S/C33H33NO3.C2H6/c1-20-16-22(28-30(35)24-8-6-7-9-25(24)31(28)36)19-23(37-20)11-10-21-17-26-29-27(18-21)33(4,5)13-15-34(29)14-12-32(26,2)3;1-2/h6-11,16-19H,12-15H2,1-5H3;1-2H3/b11-10+;. The van der Waals surface area contributed by atoms with Gasteiger partial charge < -0.3 is 9.64 Å². The maximum atomic E-state index is 13.1. The molecular formula is C35H39NO3. The van der Waals surface area contributed by atoms with Crippen LogP contribution in [0, 0.1) is 0 Å². The lowest BCUT2D eigenvalue weighted by Gasteiger charge is -2.48. The van der Waals surface area contributed by atoms with Crippen molar-refractivity contribution in [2.45, 2.75) is 72.1 Å². The molecule has 0 saturated carbocycles. The number of Topliss-reactive ketones (excluding diaryl/α,β-unsaturated/α-hetero) is 2. The summed E-state index contributed by atoms with van der Waals surface area (Å²) in [5.41, 5.74) is 7.42. The minimum atomic E-state index is -0.219. The highest BCUT2D eigenvalue weighted by molar-refractivity contribution is 6.40. The van der Waals surface area contributed by atoms with Gasteiger partial charge in [0.2, 0.25) is 0 Å². The third kappa shape index (κ3) is 4.60. The molecule has 4 nitrogen and oxygen atoms in total. The van der Waals surface area contributed by atoms with E-state index in [2.05, 4.69) is 50.8 Å². The lowest BCUT2D eigenvalue weighted by atomic mass is 9.69. The van der Waals surface area contributed by atoms with Crippen LogP contribution < -0.4 is 4.90 Å². The molecule has 0 unspecified atom stereocenters. The van der Waals surface area contributed by atoms with E-state index in [-0.39, 0.29) is 28.0 Å². The molecule has 6 rings (SSSR count). The van der Waals surface area contributed by atoms with Crippen molar-refractivity contribution < 1.29 is 14.3 Å². The zero-order valence-corrected chi connectivity index (χ0v) is 24.3. The van der Waals surface area contributed by atoms with Crippen LogP contribution in [0.5, 0.6) is 0 Å². The number of rotatable bonds is 2. The van der Waals surface area contributed by atoms with Crippen LogP contribution in [0.2, 0.25) is 0 Å². The number of ketones is 2. The lowest BCUT2D eigenvalue weighted by Crippen LogP contribution is -2.44. The Morgan fingerprint density at radius 3 is 1.90 bits per heavy atom. The first kappa shape index (κ1) is 26.9. The molecule has 0 fully saturated rings. The molecule has 1 aliphatic carbocycles. The number of nitrogens with zero attached hydrogens (tertiary/aromatic N) is 1. The molecule has 0 aromatic heterocycles. The topological polar surface area (TPSA) is 46.6 Å². The van der Waals surface area contributed by atoms with Gasteiger partial charge in [-0.25, -0.2) is 0 Å². The van der Waals surface area contributed by atoms with Crippen molar-refractivity contribution in [2.75, 3.05) is 18.0 Å². The quantitative estimate of drug-likeness (QED) is 0.296. The van der Waals surface area contributed by atoms with Crippen LogP contribution in [0.1, 0.15) is 98.7 Å². The number of benzene rings is 2. The smallest absolute Gasteiger partial charge is 0.198 e. The molecule has 0 bridgehead atoms. The Bertz CT molecular complexity index is 1420. The highest BCUT2D eigenvalue weighted by atomic mass is 16.5. The molecule has 3 heterocycles. The first-order chi connectivity index (χ1) is 18.5. The predicted octanol–water partition coefficient (Wildman–Crippen LogP) is 8.09. The zero-order chi connectivity index (χ0) is 28.1. The van der Waals surface area contributed by atoms with Crippen molar-refractivity contribution in [1.29, 1.82) is 0 Å². The van der Waals surface area contributed by atoms with Gasteiger partial charge in [-0.2, -0.15) is 0 Å². The molecule has 2 aromatic rings. The minimum absolute atomic E-state index is 0.119. The van der Waals surface area contributed by atoms with Crippen molar-refractivity contribution in [3.8, 4) is 0 Å². The highest BCUT2D eigenvalue weighted by Crippen LogP contribution is 2.49. The van der Waals surface area contributed by atoms with Crippen LogP contribution in [-0.2, 0) is 15.6 Å². The average molecular weight is 522 g/mol. The second-order valence-electron chi connectivity index (χ2n) is 12.0. The second kappa shape index (κ2) is 9.82. The van der Waals surface area contributed by atoms with E-state index < -0.39 is 0 Å². The number of carbonyl (C=O) groups is 2. The summed E-state index contributed by atoms with van der Waals surface area (Å²) >= 11 is 0. The van der Waals surface area contributed by atoms with E-state index in [0.29, 0.717) is 28.2 Å². The van der Waals surface area contributed by atoms with Crippen molar-refractivity contribution in [3.63, 3.8) is 0 Å². The summed E-state index contributed by atoms with van der Waals surface area (Å²) in [5, 5.41) is 0. The Kier molecular flexibility index (Phi) is 6.78. The number of allylic oxidation sites excluding steroid dienone is 6. The Balaban J connectivity index is 0.00000151. The van der Waals surface area contributed by atoms with E-state index >= 15 is 0 Å². The number of fused-ring (bicyclic) bond motifs is 1. The van der Waals surface area contributed by atoms with Gasteiger partial charge >= 0.3 is 0 Å². The molecule has 4 aliphatic rings. The van der Waals surface area contributed by atoms with Gasteiger partial charge in [0.1, 0.15) is 11.5 Å². The van der Waals surface area contributed by atoms with E-state index in [1.54, 1.807) is 36.4 Å². The highest BCUT2D eigenvalue weighted by Gasteiger charge is 2.40. The predicted molar refractivity (Wildman–Crippen MR) is 159 cm³/mol. The summed E-state index contributed by atoms with van der Waals surface area (Å²) in [7, 11) is 0. The Morgan fingerprint density at radius 2 is 1.36 bits per heavy atom. The summed E-state index contributed by atoms with van der Waals surface area (Å²) in [6, 6.07) is 11.7. The lowest BCUT2D eigenvalue weighted by molar-refractivity contribution is 0.0987. The number of hydrogen-bond donors (Lipinski definition) is 0. The second-order valence-corrected chi connectivity index (χ2v) is 12.0. The van der Waals surface area contributed by atoms with Gasteiger partial charge in [0.05, 0.1) is 5.57 Å². The fourth-order valence-corrected chi connectivity index (χ4v) is 6.14. The Morgan fingerprint density at radius 1 is 0.821 bits per heavy atom. The molecule has 0 radical (unpaired) electrons. The SMILES string of the molecule is CC.CC1=CC(=C2C(=O)c3ccccc3C2=O)C=C(/C=C/c2cc3c4c(c2)C(C)(C)CCN4CCC3(C)C)O1.